The molecule has 1 N–H and O–H groups in total. The molecule has 0 atom stereocenters. The molecule has 0 radical (unpaired) electrons. The second kappa shape index (κ2) is 24.1. The summed E-state index contributed by atoms with van der Waals surface area (Å²) in [5.74, 6) is 0.261. The predicted molar refractivity (Wildman–Crippen MR) is 156 cm³/mol. The van der Waals surface area contributed by atoms with Crippen LogP contribution in [0.25, 0.3) is 0 Å². The van der Waals surface area contributed by atoms with Gasteiger partial charge in [0.05, 0.1) is 0 Å². The molecule has 0 bridgehead atoms. The van der Waals surface area contributed by atoms with Crippen LogP contribution in [-0.4, -0.2) is 23.9 Å². The lowest BCUT2D eigenvalue weighted by Crippen LogP contribution is -2.29. The van der Waals surface area contributed by atoms with E-state index < -0.39 is 0 Å². The highest BCUT2D eigenvalue weighted by atomic mass is 35.5. The molecule has 4 heteroatoms. The van der Waals surface area contributed by atoms with Gasteiger partial charge in [0, 0.05) is 31.8 Å². The molecular weight excluding hydrogens is 452 g/mol. The minimum Gasteiger partial charge on any atom is -0.317 e. The van der Waals surface area contributed by atoms with Crippen LogP contribution >= 0.6 is 12.4 Å². The third-order valence-corrected chi connectivity index (χ3v) is 6.41. The number of hydrogen-bond acceptors (Lipinski definition) is 2. The van der Waals surface area contributed by atoms with Gasteiger partial charge in [-0.25, -0.2) is 0 Å². The highest BCUT2D eigenvalue weighted by molar-refractivity contribution is 5.85. The number of unbranched alkanes of at least 4 members (excludes halogenated alkanes) is 11. The minimum absolute atomic E-state index is 0. The van der Waals surface area contributed by atoms with Crippen molar-refractivity contribution in [3.63, 3.8) is 0 Å². The molecule has 0 aromatic heterocycles. The molecule has 0 aliphatic carbocycles. The Labute approximate surface area is 223 Å². The van der Waals surface area contributed by atoms with Gasteiger partial charge >= 0.3 is 0 Å². The summed E-state index contributed by atoms with van der Waals surface area (Å²) in [6, 6.07) is 10.4. The van der Waals surface area contributed by atoms with E-state index in [4.69, 9.17) is 0 Å². The molecule has 0 saturated heterocycles. The van der Waals surface area contributed by atoms with Crippen molar-refractivity contribution in [2.45, 2.75) is 117 Å². The summed E-state index contributed by atoms with van der Waals surface area (Å²) < 4.78 is 0. The molecular formula is C31H53ClN2O. The van der Waals surface area contributed by atoms with E-state index in [2.05, 4.69) is 61.7 Å². The number of allylic oxidation sites excluding steroid dienone is 3. The Balaban J connectivity index is 0.0000116. The van der Waals surface area contributed by atoms with Gasteiger partial charge in [-0.2, -0.15) is 0 Å². The second-order valence-corrected chi connectivity index (χ2v) is 9.43. The van der Waals surface area contributed by atoms with Crippen LogP contribution in [0.4, 0.5) is 0 Å². The zero-order valence-corrected chi connectivity index (χ0v) is 23.7. The first-order chi connectivity index (χ1) is 16.7. The van der Waals surface area contributed by atoms with E-state index in [9.17, 15) is 4.79 Å². The van der Waals surface area contributed by atoms with Gasteiger partial charge in [0.15, 0.2) is 0 Å². The third kappa shape index (κ3) is 18.4. The van der Waals surface area contributed by atoms with E-state index in [1.165, 1.54) is 76.2 Å². The highest BCUT2D eigenvalue weighted by Crippen LogP contribution is 2.12. The van der Waals surface area contributed by atoms with Crippen LogP contribution in [0.3, 0.4) is 0 Å². The first-order valence-corrected chi connectivity index (χ1v) is 14.1. The van der Waals surface area contributed by atoms with Crippen molar-refractivity contribution < 1.29 is 4.79 Å². The molecule has 0 aliphatic rings. The Kier molecular flexibility index (Phi) is 23.0. The standard InChI is InChI=1S/C31H52N2O.ClH/c1-4-6-7-8-9-10-11-12-13-14-15-16-17-18-22-25-31(34)33(5-2)29(3)26-27-32-28-30-23-20-19-21-24-30;/h12-13,19-21,23-24,26,32H,4-11,14-18,22,25,27-28H2,1-3H3;1H/b13-12-,29-26?;. The maximum Gasteiger partial charge on any atom is 0.226 e. The van der Waals surface area contributed by atoms with Crippen LogP contribution in [0.2, 0.25) is 0 Å². The van der Waals surface area contributed by atoms with Crippen molar-refractivity contribution in [2.24, 2.45) is 0 Å². The fourth-order valence-electron chi connectivity index (χ4n) is 4.25. The summed E-state index contributed by atoms with van der Waals surface area (Å²) in [5.41, 5.74) is 2.34. The van der Waals surface area contributed by atoms with Crippen molar-refractivity contribution in [3.8, 4) is 0 Å². The van der Waals surface area contributed by atoms with Crippen LogP contribution in [0.5, 0.6) is 0 Å². The zero-order chi connectivity index (χ0) is 24.7. The summed E-state index contributed by atoms with van der Waals surface area (Å²) in [7, 11) is 0. The molecule has 1 amide bonds. The molecule has 0 unspecified atom stereocenters. The maximum atomic E-state index is 12.7. The van der Waals surface area contributed by atoms with Crippen LogP contribution in [0, 0.1) is 0 Å². The summed E-state index contributed by atoms with van der Waals surface area (Å²) in [5, 5.41) is 3.43. The molecule has 0 aliphatic heterocycles. The van der Waals surface area contributed by atoms with Gasteiger partial charge in [-0.3, -0.25) is 4.79 Å². The molecule has 3 nitrogen and oxygen atoms in total. The monoisotopic (exact) mass is 504 g/mol. The van der Waals surface area contributed by atoms with E-state index in [0.717, 1.165) is 38.2 Å². The summed E-state index contributed by atoms with van der Waals surface area (Å²) >= 11 is 0. The predicted octanol–water partition coefficient (Wildman–Crippen LogP) is 8.99. The number of carbonyl (C=O) groups excluding carboxylic acids is 1. The summed E-state index contributed by atoms with van der Waals surface area (Å²) in [6.45, 7) is 8.75. The van der Waals surface area contributed by atoms with Crippen LogP contribution in [0.1, 0.15) is 116 Å². The fourth-order valence-corrected chi connectivity index (χ4v) is 4.25. The first kappa shape index (κ1) is 33.4. The number of nitrogens with one attached hydrogen (secondary N) is 1. The minimum atomic E-state index is 0. The van der Waals surface area contributed by atoms with Crippen molar-refractivity contribution in [1.82, 2.24) is 10.2 Å². The topological polar surface area (TPSA) is 32.3 Å². The lowest BCUT2D eigenvalue weighted by molar-refractivity contribution is -0.129. The summed E-state index contributed by atoms with van der Waals surface area (Å²) in [6.07, 6.45) is 24.2. The maximum absolute atomic E-state index is 12.7. The fraction of sp³-hybridized carbons (Fsp3) is 0.645. The lowest BCUT2D eigenvalue weighted by atomic mass is 10.1. The normalized spacial score (nSPS) is 11.6. The van der Waals surface area contributed by atoms with Gasteiger partial charge in [0.25, 0.3) is 0 Å². The van der Waals surface area contributed by atoms with Crippen LogP contribution in [0.15, 0.2) is 54.3 Å². The molecule has 1 rings (SSSR count). The Bertz CT molecular complexity index is 672. The molecule has 0 heterocycles. The molecule has 0 spiro atoms. The Morgan fingerprint density at radius 1 is 0.829 bits per heavy atom. The van der Waals surface area contributed by atoms with Gasteiger partial charge in [-0.15, -0.1) is 12.4 Å². The van der Waals surface area contributed by atoms with E-state index in [-0.39, 0.29) is 18.3 Å². The van der Waals surface area contributed by atoms with E-state index in [1.807, 2.05) is 17.9 Å². The average molecular weight is 505 g/mol. The SMILES string of the molecule is CCCCCCCC/C=C\CCCCCCCC(=O)N(CC)C(C)=CCNCc1ccccc1.Cl. The van der Waals surface area contributed by atoms with Crippen molar-refractivity contribution in [3.05, 3.63) is 59.8 Å². The van der Waals surface area contributed by atoms with E-state index in [0.29, 0.717) is 6.42 Å². The van der Waals surface area contributed by atoms with Gasteiger partial charge in [0.1, 0.15) is 0 Å². The summed E-state index contributed by atoms with van der Waals surface area (Å²) in [4.78, 5) is 14.6. The number of benzene rings is 1. The molecule has 0 saturated carbocycles. The molecule has 1 aromatic carbocycles. The number of nitrogens with zero attached hydrogens (tertiary/aromatic N) is 1. The molecule has 200 valence electrons. The van der Waals surface area contributed by atoms with Gasteiger partial charge < -0.3 is 10.2 Å². The quantitative estimate of drug-likeness (QED) is 0.134. The number of rotatable bonds is 21. The molecule has 0 fully saturated rings. The second-order valence-electron chi connectivity index (χ2n) is 9.43. The lowest BCUT2D eigenvalue weighted by Gasteiger charge is -2.22. The third-order valence-electron chi connectivity index (χ3n) is 6.41. The van der Waals surface area contributed by atoms with E-state index >= 15 is 0 Å². The first-order valence-electron chi connectivity index (χ1n) is 14.1. The van der Waals surface area contributed by atoms with Gasteiger partial charge in [0.2, 0.25) is 5.91 Å². The Morgan fingerprint density at radius 3 is 2.00 bits per heavy atom. The Morgan fingerprint density at radius 2 is 1.40 bits per heavy atom. The number of hydrogen-bond donors (Lipinski definition) is 1. The number of halogens is 1. The highest BCUT2D eigenvalue weighted by Gasteiger charge is 2.12. The largest absolute Gasteiger partial charge is 0.317 e. The number of carbonyl (C=O) groups is 1. The average Bonchev–Trinajstić information content (AvgIpc) is 2.85. The zero-order valence-electron chi connectivity index (χ0n) is 22.9. The van der Waals surface area contributed by atoms with Crippen molar-refractivity contribution in [1.29, 1.82) is 0 Å². The van der Waals surface area contributed by atoms with Gasteiger partial charge in [-0.1, -0.05) is 107 Å². The molecule has 35 heavy (non-hydrogen) atoms. The number of amides is 1. The van der Waals surface area contributed by atoms with Gasteiger partial charge in [-0.05, 0) is 51.5 Å². The van der Waals surface area contributed by atoms with Crippen LogP contribution < -0.4 is 5.32 Å². The van der Waals surface area contributed by atoms with Crippen molar-refractivity contribution >= 4 is 18.3 Å². The Hall–Kier alpha value is -1.58. The van der Waals surface area contributed by atoms with E-state index in [1.54, 1.807) is 0 Å². The van der Waals surface area contributed by atoms with Crippen LogP contribution in [-0.2, 0) is 11.3 Å². The molecule has 1 aromatic rings. The smallest absolute Gasteiger partial charge is 0.226 e. The van der Waals surface area contributed by atoms with Crippen molar-refractivity contribution in [2.75, 3.05) is 13.1 Å².